The number of rotatable bonds is 6. The summed E-state index contributed by atoms with van der Waals surface area (Å²) in [5.74, 6) is -0.279. The molecule has 112 valence electrons. The van der Waals surface area contributed by atoms with Crippen LogP contribution in [0.25, 0.3) is 0 Å². The summed E-state index contributed by atoms with van der Waals surface area (Å²) >= 11 is 0. The quantitative estimate of drug-likeness (QED) is 0.395. The lowest BCUT2D eigenvalue weighted by Crippen LogP contribution is -2.32. The fourth-order valence-electron chi connectivity index (χ4n) is 1.91. The molecule has 20 heavy (non-hydrogen) atoms. The van der Waals surface area contributed by atoms with Crippen LogP contribution < -0.4 is 5.32 Å². The van der Waals surface area contributed by atoms with Crippen LogP contribution in [0.3, 0.4) is 0 Å². The average molecular weight is 301 g/mol. The molecule has 1 unspecified atom stereocenters. The zero-order valence-corrected chi connectivity index (χ0v) is 12.4. The van der Waals surface area contributed by atoms with Crippen LogP contribution in [0, 0.1) is 11.3 Å². The number of nitrogens with one attached hydrogen (secondary N) is 1. The fourth-order valence-corrected chi connectivity index (χ4v) is 3.69. The summed E-state index contributed by atoms with van der Waals surface area (Å²) in [5, 5.41) is 11.5. The molecule has 0 aromatic heterocycles. The molecule has 1 rings (SSSR count). The first kappa shape index (κ1) is 16.5. The zero-order valence-electron chi connectivity index (χ0n) is 11.6. The van der Waals surface area contributed by atoms with E-state index in [-0.39, 0.29) is 23.1 Å². The molecule has 0 radical (unpaired) electrons. The molecular weight excluding hydrogens is 282 g/mol. The fraction of sp³-hybridized carbons (Fsp3) is 0.667. The molecule has 8 heteroatoms. The van der Waals surface area contributed by atoms with Crippen LogP contribution in [0.1, 0.15) is 6.42 Å². The van der Waals surface area contributed by atoms with E-state index < -0.39 is 15.7 Å². The number of amides is 1. The monoisotopic (exact) mass is 301 g/mol. The van der Waals surface area contributed by atoms with Gasteiger partial charge in [0.05, 0.1) is 18.1 Å². The first-order valence-electron chi connectivity index (χ1n) is 6.21. The highest BCUT2D eigenvalue weighted by atomic mass is 32.2. The second-order valence-electron chi connectivity index (χ2n) is 4.63. The Labute approximate surface area is 119 Å². The minimum absolute atomic E-state index is 0.0482. The molecule has 1 fully saturated rings. The Morgan fingerprint density at radius 1 is 1.60 bits per heavy atom. The molecule has 0 aromatic carbocycles. The van der Waals surface area contributed by atoms with Gasteiger partial charge in [0.15, 0.2) is 9.84 Å². The largest absolute Gasteiger partial charge is 0.383 e. The van der Waals surface area contributed by atoms with Crippen LogP contribution in [0.4, 0.5) is 0 Å². The van der Waals surface area contributed by atoms with E-state index in [2.05, 4.69) is 5.32 Å². The number of methoxy groups -OCH3 is 1. The molecule has 1 aliphatic rings. The first-order chi connectivity index (χ1) is 9.39. The van der Waals surface area contributed by atoms with E-state index in [9.17, 15) is 13.2 Å². The molecule has 0 aromatic rings. The van der Waals surface area contributed by atoms with Gasteiger partial charge in [-0.25, -0.2) is 8.42 Å². The molecule has 1 N–H and O–H groups in total. The molecule has 0 spiro atoms. The minimum atomic E-state index is -2.99. The minimum Gasteiger partial charge on any atom is -0.383 e. The van der Waals surface area contributed by atoms with Gasteiger partial charge in [-0.05, 0) is 6.42 Å². The van der Waals surface area contributed by atoms with Crippen LogP contribution >= 0.6 is 0 Å². The van der Waals surface area contributed by atoms with Crippen molar-refractivity contribution in [3.05, 3.63) is 11.8 Å². The normalized spacial score (nSPS) is 21.2. The molecule has 1 atom stereocenters. The SMILES string of the molecule is COCCNC(=O)/C(C#N)=C\N(C)C1CCS(=O)(=O)C1. The highest BCUT2D eigenvalue weighted by Crippen LogP contribution is 2.17. The smallest absolute Gasteiger partial charge is 0.263 e. The topological polar surface area (TPSA) is 99.5 Å². The van der Waals surface area contributed by atoms with Crippen LogP contribution in [0.2, 0.25) is 0 Å². The number of nitrogens with zero attached hydrogens (tertiary/aromatic N) is 2. The van der Waals surface area contributed by atoms with Crippen molar-refractivity contribution in [2.45, 2.75) is 12.5 Å². The van der Waals surface area contributed by atoms with Crippen molar-refractivity contribution >= 4 is 15.7 Å². The molecule has 0 bridgehead atoms. The Morgan fingerprint density at radius 2 is 2.30 bits per heavy atom. The number of sulfone groups is 1. The standard InChI is InChI=1S/C12H19N3O4S/c1-15(11-3-6-20(17,18)9-11)8-10(7-13)12(16)14-4-5-19-2/h8,11H,3-6,9H2,1-2H3,(H,14,16)/b10-8-. The van der Waals surface area contributed by atoms with Crippen molar-refractivity contribution in [1.82, 2.24) is 10.2 Å². The van der Waals surface area contributed by atoms with Gasteiger partial charge in [0.25, 0.3) is 5.91 Å². The molecular formula is C12H19N3O4S. The van der Waals surface area contributed by atoms with E-state index in [1.807, 2.05) is 6.07 Å². The van der Waals surface area contributed by atoms with Crippen LogP contribution in [0.15, 0.2) is 11.8 Å². The summed E-state index contributed by atoms with van der Waals surface area (Å²) in [6, 6.07) is 1.64. The summed E-state index contributed by atoms with van der Waals surface area (Å²) in [4.78, 5) is 13.3. The predicted octanol–water partition coefficient (Wildman–Crippen LogP) is -0.725. The van der Waals surface area contributed by atoms with Gasteiger partial charge in [-0.3, -0.25) is 4.79 Å². The van der Waals surface area contributed by atoms with Gasteiger partial charge in [-0.15, -0.1) is 0 Å². The third kappa shape index (κ3) is 4.83. The Hall–Kier alpha value is -1.59. The van der Waals surface area contributed by atoms with Crippen molar-refractivity contribution in [3.63, 3.8) is 0 Å². The molecule has 7 nitrogen and oxygen atoms in total. The number of hydrogen-bond donors (Lipinski definition) is 1. The number of nitriles is 1. The molecule has 1 saturated heterocycles. The Balaban J connectivity index is 2.65. The summed E-state index contributed by atoms with van der Waals surface area (Å²) < 4.78 is 27.6. The van der Waals surface area contributed by atoms with Gasteiger partial charge in [0.1, 0.15) is 11.6 Å². The lowest BCUT2D eigenvalue weighted by atomic mass is 10.2. The second-order valence-corrected chi connectivity index (χ2v) is 6.85. The number of carbonyl (C=O) groups is 1. The van der Waals surface area contributed by atoms with Gasteiger partial charge >= 0.3 is 0 Å². The van der Waals surface area contributed by atoms with E-state index in [1.165, 1.54) is 13.3 Å². The number of ether oxygens (including phenoxy) is 1. The predicted molar refractivity (Wildman–Crippen MR) is 73.4 cm³/mol. The van der Waals surface area contributed by atoms with Crippen molar-refractivity contribution in [1.29, 1.82) is 5.26 Å². The summed E-state index contributed by atoms with van der Waals surface area (Å²) in [6.07, 6.45) is 1.91. The summed E-state index contributed by atoms with van der Waals surface area (Å²) in [6.45, 7) is 0.678. The van der Waals surface area contributed by atoms with E-state index in [4.69, 9.17) is 10.00 Å². The Kier molecular flexibility index (Phi) is 5.98. The van der Waals surface area contributed by atoms with Crippen LogP contribution in [0.5, 0.6) is 0 Å². The Bertz CT molecular complexity index is 521. The molecule has 0 saturated carbocycles. The molecule has 1 heterocycles. The maximum absolute atomic E-state index is 11.7. The maximum Gasteiger partial charge on any atom is 0.263 e. The van der Waals surface area contributed by atoms with E-state index in [0.29, 0.717) is 19.6 Å². The third-order valence-electron chi connectivity index (χ3n) is 3.07. The third-order valence-corrected chi connectivity index (χ3v) is 4.82. The highest BCUT2D eigenvalue weighted by Gasteiger charge is 2.30. The lowest BCUT2D eigenvalue weighted by Gasteiger charge is -2.21. The van der Waals surface area contributed by atoms with Crippen molar-refractivity contribution in [3.8, 4) is 6.07 Å². The van der Waals surface area contributed by atoms with Gasteiger partial charge in [-0.2, -0.15) is 5.26 Å². The maximum atomic E-state index is 11.7. The Morgan fingerprint density at radius 3 is 2.80 bits per heavy atom. The second kappa shape index (κ2) is 7.26. The van der Waals surface area contributed by atoms with Crippen LogP contribution in [-0.2, 0) is 19.4 Å². The van der Waals surface area contributed by atoms with E-state index in [0.717, 1.165) is 0 Å². The van der Waals surface area contributed by atoms with Gasteiger partial charge < -0.3 is 15.0 Å². The van der Waals surface area contributed by atoms with Crippen molar-refractivity contribution in [2.75, 3.05) is 38.8 Å². The van der Waals surface area contributed by atoms with Crippen molar-refractivity contribution in [2.24, 2.45) is 0 Å². The zero-order chi connectivity index (χ0) is 15.2. The highest BCUT2D eigenvalue weighted by molar-refractivity contribution is 7.91. The van der Waals surface area contributed by atoms with Gasteiger partial charge in [0, 0.05) is 32.9 Å². The molecule has 0 aliphatic carbocycles. The summed E-state index contributed by atoms with van der Waals surface area (Å²) in [7, 11) is 0.196. The molecule has 1 aliphatic heterocycles. The van der Waals surface area contributed by atoms with Crippen LogP contribution in [-0.4, -0.2) is 64.1 Å². The first-order valence-corrected chi connectivity index (χ1v) is 8.03. The average Bonchev–Trinajstić information content (AvgIpc) is 2.76. The van der Waals surface area contributed by atoms with E-state index >= 15 is 0 Å². The van der Waals surface area contributed by atoms with Gasteiger partial charge in [-0.1, -0.05) is 0 Å². The summed E-state index contributed by atoms with van der Waals surface area (Å²) in [5.41, 5.74) is -0.0482. The number of carbonyl (C=O) groups excluding carboxylic acids is 1. The van der Waals surface area contributed by atoms with Gasteiger partial charge in [0.2, 0.25) is 0 Å². The lowest BCUT2D eigenvalue weighted by molar-refractivity contribution is -0.117. The number of hydrogen-bond acceptors (Lipinski definition) is 6. The van der Waals surface area contributed by atoms with Crippen molar-refractivity contribution < 1.29 is 17.9 Å². The molecule has 1 amide bonds. The van der Waals surface area contributed by atoms with E-state index in [1.54, 1.807) is 11.9 Å².